The summed E-state index contributed by atoms with van der Waals surface area (Å²) in [7, 11) is 0. The molecule has 2 atom stereocenters. The fourth-order valence-corrected chi connectivity index (χ4v) is 1.03. The Balaban J connectivity index is 6.17. The Kier molecular flexibility index (Phi) is 6.18. The molecule has 0 fully saturated rings. The molecule has 0 rings (SSSR count). The van der Waals surface area contributed by atoms with Gasteiger partial charge in [-0.1, -0.05) is 0 Å². The zero-order valence-electron chi connectivity index (χ0n) is 10.0. The van der Waals surface area contributed by atoms with Crippen molar-refractivity contribution in [1.82, 2.24) is 0 Å². The summed E-state index contributed by atoms with van der Waals surface area (Å²) in [5.41, 5.74) is 0. The zero-order chi connectivity index (χ0) is 19.0. The first kappa shape index (κ1) is 22.0. The van der Waals surface area contributed by atoms with Crippen molar-refractivity contribution < 1.29 is 66.2 Å². The fraction of sp³-hybridized carbons (Fsp3) is 1.00. The van der Waals surface area contributed by atoms with Gasteiger partial charge in [0.2, 0.25) is 0 Å². The molecule has 140 valence electrons. The highest BCUT2D eigenvalue weighted by molar-refractivity contribution is 4.98. The van der Waals surface area contributed by atoms with Crippen LogP contribution in [-0.4, -0.2) is 49.3 Å². The van der Waals surface area contributed by atoms with Crippen LogP contribution in [0.5, 0.6) is 0 Å². The maximum atomic E-state index is 13.2. The number of halogens is 14. The van der Waals surface area contributed by atoms with Crippen LogP contribution in [0.2, 0.25) is 0 Å². The molecular weight excluding hydrogens is 378 g/mol. The van der Waals surface area contributed by atoms with Crippen LogP contribution in [0.1, 0.15) is 0 Å². The first-order valence-corrected chi connectivity index (χ1v) is 4.94. The quantitative estimate of drug-likeness (QED) is 0.555. The molecule has 2 unspecified atom stereocenters. The van der Waals surface area contributed by atoms with Crippen molar-refractivity contribution in [3.63, 3.8) is 0 Å². The van der Waals surface area contributed by atoms with E-state index in [2.05, 4.69) is 0 Å². The molecule has 0 aliphatic rings. The average molecular weight is 382 g/mol. The summed E-state index contributed by atoms with van der Waals surface area (Å²) in [5, 5.41) is 0. The van der Waals surface area contributed by atoms with Gasteiger partial charge in [0.15, 0.2) is 0 Å². The Morgan fingerprint density at radius 2 is 0.652 bits per heavy atom. The molecule has 0 radical (unpaired) electrons. The van der Waals surface area contributed by atoms with E-state index in [4.69, 9.17) is 0 Å². The molecule has 1 nitrogen and oxygen atoms in total. The van der Waals surface area contributed by atoms with Gasteiger partial charge in [-0.15, -0.1) is 0 Å². The fourth-order valence-electron chi connectivity index (χ4n) is 1.03. The minimum absolute atomic E-state index is 1.91. The monoisotopic (exact) mass is 382 g/mol. The lowest BCUT2D eigenvalue weighted by Crippen LogP contribution is -2.66. The Morgan fingerprint density at radius 3 is 0.783 bits per heavy atom. The summed E-state index contributed by atoms with van der Waals surface area (Å²) < 4.78 is 175. The second kappa shape index (κ2) is 6.47. The molecule has 0 bridgehead atoms. The highest BCUT2D eigenvalue weighted by atomic mass is 19.3. The lowest BCUT2D eigenvalue weighted by atomic mass is 10.1. The van der Waals surface area contributed by atoms with Crippen LogP contribution in [0, 0.1) is 0 Å². The lowest BCUT2D eigenvalue weighted by Gasteiger charge is -2.39. The largest absolute Gasteiger partial charge is 0.370 e. The predicted molar refractivity (Wildman–Crippen MR) is 42.7 cm³/mol. The third kappa shape index (κ3) is 3.42. The Hall–Kier alpha value is -1.02. The Morgan fingerprint density at radius 1 is 0.435 bits per heavy atom. The third-order valence-corrected chi connectivity index (χ3v) is 2.32. The minimum Gasteiger partial charge on any atom is -0.289 e. The van der Waals surface area contributed by atoms with Crippen LogP contribution in [0.25, 0.3) is 0 Å². The van der Waals surface area contributed by atoms with E-state index in [0.717, 1.165) is 0 Å². The molecule has 0 aliphatic heterocycles. The second-order valence-corrected chi connectivity index (χ2v) is 3.84. The molecule has 0 N–H and O–H groups in total. The Bertz CT molecular complexity index is 360. The van der Waals surface area contributed by atoms with Crippen LogP contribution >= 0.6 is 0 Å². The van der Waals surface area contributed by atoms with E-state index in [0.29, 0.717) is 0 Å². The van der Waals surface area contributed by atoms with Gasteiger partial charge in [-0.3, -0.25) is 4.74 Å². The highest BCUT2D eigenvalue weighted by Crippen LogP contribution is 2.51. The van der Waals surface area contributed by atoms with Crippen LogP contribution in [0.4, 0.5) is 61.5 Å². The third-order valence-electron chi connectivity index (χ3n) is 2.32. The maximum absolute atomic E-state index is 13.2. The SMILES string of the molecule is FC(F)C(F)(F)C(F)(OC(F)(C(F)F)C(F)(F)C(F)F)C(F)F. The summed E-state index contributed by atoms with van der Waals surface area (Å²) in [5.74, 6) is -27.1. The molecule has 0 amide bonds. The molecular formula is C8H4F14O. The van der Waals surface area contributed by atoms with E-state index < -0.39 is 49.3 Å². The second-order valence-electron chi connectivity index (χ2n) is 3.84. The van der Waals surface area contributed by atoms with Crippen molar-refractivity contribution in [2.75, 3.05) is 0 Å². The van der Waals surface area contributed by atoms with E-state index >= 15 is 0 Å². The number of hydrogen-bond donors (Lipinski definition) is 0. The van der Waals surface area contributed by atoms with Gasteiger partial charge in [-0.25, -0.2) is 35.1 Å². The van der Waals surface area contributed by atoms with Crippen molar-refractivity contribution in [3.8, 4) is 0 Å². The highest BCUT2D eigenvalue weighted by Gasteiger charge is 2.78. The van der Waals surface area contributed by atoms with Crippen LogP contribution in [0.3, 0.4) is 0 Å². The number of hydrogen-bond acceptors (Lipinski definition) is 1. The standard InChI is InChI=1S/C8H4F14O/c9-1(10)5(17,18)7(21,3(13)14)23-8(22,4(15)16)6(19,20)2(11)12/h1-4H. The molecule has 0 aromatic carbocycles. The summed E-state index contributed by atoms with van der Waals surface area (Å²) in [6.45, 7) is 0. The predicted octanol–water partition coefficient (Wildman–Crippen LogP) is 4.67. The van der Waals surface area contributed by atoms with E-state index in [-0.39, 0.29) is 0 Å². The summed E-state index contributed by atoms with van der Waals surface area (Å²) in [6.07, 6.45) is -22.1. The lowest BCUT2D eigenvalue weighted by molar-refractivity contribution is -0.454. The first-order chi connectivity index (χ1) is 9.98. The molecule has 23 heavy (non-hydrogen) atoms. The maximum Gasteiger partial charge on any atom is 0.370 e. The Labute approximate surface area is 117 Å². The smallest absolute Gasteiger partial charge is 0.289 e. The van der Waals surface area contributed by atoms with E-state index in [1.165, 1.54) is 0 Å². The molecule has 15 heteroatoms. The molecule has 0 saturated heterocycles. The van der Waals surface area contributed by atoms with Gasteiger partial charge in [0.25, 0.3) is 0 Å². The van der Waals surface area contributed by atoms with E-state index in [1.54, 1.807) is 0 Å². The summed E-state index contributed by atoms with van der Waals surface area (Å²) in [4.78, 5) is 0. The van der Waals surface area contributed by atoms with Crippen molar-refractivity contribution in [3.05, 3.63) is 0 Å². The molecule has 0 aromatic rings. The van der Waals surface area contributed by atoms with Crippen molar-refractivity contribution in [2.24, 2.45) is 0 Å². The van der Waals surface area contributed by atoms with E-state index in [1.807, 2.05) is 4.74 Å². The molecule has 0 heterocycles. The number of rotatable bonds is 8. The van der Waals surface area contributed by atoms with Gasteiger partial charge in [0, 0.05) is 0 Å². The van der Waals surface area contributed by atoms with Crippen molar-refractivity contribution in [2.45, 2.75) is 49.3 Å². The summed E-state index contributed by atoms with van der Waals surface area (Å²) in [6, 6.07) is 0. The van der Waals surface area contributed by atoms with Crippen molar-refractivity contribution >= 4 is 0 Å². The van der Waals surface area contributed by atoms with Gasteiger partial charge < -0.3 is 0 Å². The van der Waals surface area contributed by atoms with Gasteiger partial charge in [-0.2, -0.15) is 26.3 Å². The minimum atomic E-state index is -6.80. The van der Waals surface area contributed by atoms with E-state index in [9.17, 15) is 61.5 Å². The van der Waals surface area contributed by atoms with Gasteiger partial charge in [0.1, 0.15) is 0 Å². The van der Waals surface area contributed by atoms with Crippen molar-refractivity contribution in [1.29, 1.82) is 0 Å². The molecule has 0 aromatic heterocycles. The normalized spacial score (nSPS) is 19.6. The average Bonchev–Trinajstić information content (AvgIpc) is 2.36. The van der Waals surface area contributed by atoms with Gasteiger partial charge in [0.05, 0.1) is 0 Å². The summed E-state index contributed by atoms with van der Waals surface area (Å²) >= 11 is 0. The van der Waals surface area contributed by atoms with Crippen LogP contribution in [-0.2, 0) is 4.74 Å². The first-order valence-electron chi connectivity index (χ1n) is 4.94. The zero-order valence-corrected chi connectivity index (χ0v) is 10.0. The van der Waals surface area contributed by atoms with Crippen LogP contribution in [0.15, 0.2) is 0 Å². The molecule has 0 aliphatic carbocycles. The molecule has 0 saturated carbocycles. The molecule has 0 spiro atoms. The number of alkyl halides is 14. The van der Waals surface area contributed by atoms with Gasteiger partial charge >= 0.3 is 49.3 Å². The number of ether oxygens (including phenoxy) is 1. The van der Waals surface area contributed by atoms with Crippen LogP contribution < -0.4 is 0 Å². The topological polar surface area (TPSA) is 9.23 Å². The van der Waals surface area contributed by atoms with Gasteiger partial charge in [-0.05, 0) is 0 Å².